The summed E-state index contributed by atoms with van der Waals surface area (Å²) in [6.07, 6.45) is 0. The van der Waals surface area contributed by atoms with Gasteiger partial charge in [0.05, 0.1) is 5.56 Å². The molecule has 0 fully saturated rings. The molecule has 96 valence electrons. The Balaban J connectivity index is 2.22. The van der Waals surface area contributed by atoms with Gasteiger partial charge in [0.25, 0.3) is 0 Å². The third kappa shape index (κ3) is 2.28. The van der Waals surface area contributed by atoms with Crippen LogP contribution in [0.3, 0.4) is 0 Å². The number of hydrogen-bond acceptors (Lipinski definition) is 3. The van der Waals surface area contributed by atoms with E-state index >= 15 is 0 Å². The summed E-state index contributed by atoms with van der Waals surface area (Å²) in [4.78, 5) is 1.15. The van der Waals surface area contributed by atoms with E-state index in [0.29, 0.717) is 5.82 Å². The second kappa shape index (κ2) is 4.97. The van der Waals surface area contributed by atoms with Crippen molar-refractivity contribution in [2.24, 2.45) is 7.05 Å². The van der Waals surface area contributed by atoms with Crippen molar-refractivity contribution < 1.29 is 0 Å². The average Bonchev–Trinajstić information content (AvgIpc) is 3.00. The number of thiophene rings is 1. The highest BCUT2D eigenvalue weighted by Gasteiger charge is 2.17. The number of nitrogens with two attached hydrogens (primary N) is 1. The van der Waals surface area contributed by atoms with Crippen molar-refractivity contribution in [2.45, 2.75) is 0 Å². The maximum Gasteiger partial charge on any atom is 0.130 e. The first-order chi connectivity index (χ1) is 9.16. The standard InChI is InChI=1S/C14H12IN3S/c1-18-14(16)12(11-3-2-8-19-11)13(17-18)9-4-6-10(15)7-5-9/h2-8H,16H2,1H3. The second-order valence-corrected chi connectivity index (χ2v) is 6.41. The largest absolute Gasteiger partial charge is 0.383 e. The number of aromatic nitrogens is 2. The monoisotopic (exact) mass is 381 g/mol. The molecule has 0 aliphatic carbocycles. The first-order valence-corrected chi connectivity index (χ1v) is 7.75. The van der Waals surface area contributed by atoms with Gasteiger partial charge in [-0.15, -0.1) is 11.3 Å². The summed E-state index contributed by atoms with van der Waals surface area (Å²) in [7, 11) is 1.88. The number of nitrogen functional groups attached to an aromatic ring is 1. The van der Waals surface area contributed by atoms with Crippen molar-refractivity contribution in [2.75, 3.05) is 5.73 Å². The molecule has 3 nitrogen and oxygen atoms in total. The van der Waals surface area contributed by atoms with Crippen LogP contribution in [-0.4, -0.2) is 9.78 Å². The van der Waals surface area contributed by atoms with Crippen LogP contribution < -0.4 is 5.73 Å². The minimum absolute atomic E-state index is 0.705. The van der Waals surface area contributed by atoms with Gasteiger partial charge in [-0.25, -0.2) is 0 Å². The number of nitrogens with zero attached hydrogens (tertiary/aromatic N) is 2. The van der Waals surface area contributed by atoms with E-state index in [1.165, 1.54) is 3.57 Å². The lowest BCUT2D eigenvalue weighted by atomic mass is 10.1. The number of anilines is 1. The minimum Gasteiger partial charge on any atom is -0.383 e. The number of halogens is 1. The molecule has 0 saturated carbocycles. The zero-order valence-electron chi connectivity index (χ0n) is 10.3. The molecule has 0 unspecified atom stereocenters. The van der Waals surface area contributed by atoms with E-state index in [9.17, 15) is 0 Å². The van der Waals surface area contributed by atoms with Gasteiger partial charge in [-0.2, -0.15) is 5.10 Å². The SMILES string of the molecule is Cn1nc(-c2ccc(I)cc2)c(-c2cccs2)c1N. The zero-order valence-corrected chi connectivity index (χ0v) is 13.3. The lowest BCUT2D eigenvalue weighted by Crippen LogP contribution is -1.97. The van der Waals surface area contributed by atoms with E-state index in [4.69, 9.17) is 5.73 Å². The summed E-state index contributed by atoms with van der Waals surface area (Å²) >= 11 is 3.98. The van der Waals surface area contributed by atoms with Gasteiger partial charge in [0.15, 0.2) is 0 Å². The Kier molecular flexibility index (Phi) is 3.32. The molecule has 3 rings (SSSR count). The van der Waals surface area contributed by atoms with E-state index < -0.39 is 0 Å². The molecule has 0 bridgehead atoms. The van der Waals surface area contributed by atoms with Gasteiger partial charge in [0, 0.05) is 21.1 Å². The molecule has 2 N–H and O–H groups in total. The Morgan fingerprint density at radius 3 is 2.58 bits per heavy atom. The van der Waals surface area contributed by atoms with Crippen LogP contribution in [0.1, 0.15) is 0 Å². The van der Waals surface area contributed by atoms with Gasteiger partial charge in [0.2, 0.25) is 0 Å². The van der Waals surface area contributed by atoms with Crippen LogP contribution in [0.25, 0.3) is 21.7 Å². The van der Waals surface area contributed by atoms with E-state index in [-0.39, 0.29) is 0 Å². The van der Waals surface area contributed by atoms with Crippen molar-refractivity contribution in [1.29, 1.82) is 0 Å². The number of hydrogen-bond donors (Lipinski definition) is 1. The van der Waals surface area contributed by atoms with Crippen LogP contribution in [0.5, 0.6) is 0 Å². The molecule has 2 aromatic heterocycles. The van der Waals surface area contributed by atoms with Crippen LogP contribution in [0.2, 0.25) is 0 Å². The molecular formula is C14H12IN3S. The first kappa shape index (κ1) is 12.7. The predicted molar refractivity (Wildman–Crippen MR) is 89.1 cm³/mol. The topological polar surface area (TPSA) is 43.8 Å². The van der Waals surface area contributed by atoms with Gasteiger partial charge >= 0.3 is 0 Å². The molecular weight excluding hydrogens is 369 g/mol. The van der Waals surface area contributed by atoms with E-state index in [1.54, 1.807) is 16.0 Å². The lowest BCUT2D eigenvalue weighted by molar-refractivity contribution is 0.782. The smallest absolute Gasteiger partial charge is 0.130 e. The van der Waals surface area contributed by atoms with Crippen LogP contribution in [0.15, 0.2) is 41.8 Å². The van der Waals surface area contributed by atoms with E-state index in [0.717, 1.165) is 21.7 Å². The molecule has 19 heavy (non-hydrogen) atoms. The van der Waals surface area contributed by atoms with Gasteiger partial charge in [-0.1, -0.05) is 18.2 Å². The number of aryl methyl sites for hydroxylation is 1. The Morgan fingerprint density at radius 2 is 1.95 bits per heavy atom. The van der Waals surface area contributed by atoms with Crippen molar-refractivity contribution in [3.05, 3.63) is 45.3 Å². The molecule has 0 aliphatic heterocycles. The molecule has 0 aliphatic rings. The van der Waals surface area contributed by atoms with Crippen molar-refractivity contribution in [3.63, 3.8) is 0 Å². The molecule has 0 atom stereocenters. The second-order valence-electron chi connectivity index (χ2n) is 4.22. The van der Waals surface area contributed by atoms with Gasteiger partial charge in [0.1, 0.15) is 11.5 Å². The fourth-order valence-electron chi connectivity index (χ4n) is 2.01. The van der Waals surface area contributed by atoms with E-state index in [2.05, 4.69) is 63.4 Å². The summed E-state index contributed by atoms with van der Waals surface area (Å²) in [6, 6.07) is 12.4. The minimum atomic E-state index is 0.705. The summed E-state index contributed by atoms with van der Waals surface area (Å²) in [6.45, 7) is 0. The van der Waals surface area contributed by atoms with Crippen molar-refractivity contribution in [1.82, 2.24) is 9.78 Å². The highest BCUT2D eigenvalue weighted by atomic mass is 127. The Morgan fingerprint density at radius 1 is 1.21 bits per heavy atom. The van der Waals surface area contributed by atoms with Gasteiger partial charge < -0.3 is 5.73 Å². The molecule has 1 aromatic carbocycles. The number of benzene rings is 1. The average molecular weight is 381 g/mol. The molecule has 2 heterocycles. The molecule has 0 spiro atoms. The highest BCUT2D eigenvalue weighted by molar-refractivity contribution is 14.1. The summed E-state index contributed by atoms with van der Waals surface area (Å²) in [5.74, 6) is 0.705. The summed E-state index contributed by atoms with van der Waals surface area (Å²) in [5.41, 5.74) is 9.23. The molecule has 0 saturated heterocycles. The molecule has 0 amide bonds. The Hall–Kier alpha value is -1.34. The van der Waals surface area contributed by atoms with Gasteiger partial charge in [-0.3, -0.25) is 4.68 Å². The van der Waals surface area contributed by atoms with Crippen LogP contribution in [0, 0.1) is 3.57 Å². The predicted octanol–water partition coefficient (Wildman–Crippen LogP) is 4.00. The quantitative estimate of drug-likeness (QED) is 0.682. The maximum atomic E-state index is 6.17. The van der Waals surface area contributed by atoms with E-state index in [1.807, 2.05) is 13.1 Å². The number of rotatable bonds is 2. The maximum absolute atomic E-state index is 6.17. The third-order valence-corrected chi connectivity index (χ3v) is 4.58. The highest BCUT2D eigenvalue weighted by Crippen LogP contribution is 2.38. The fourth-order valence-corrected chi connectivity index (χ4v) is 3.15. The van der Waals surface area contributed by atoms with Crippen molar-refractivity contribution in [3.8, 4) is 21.7 Å². The molecule has 3 aromatic rings. The van der Waals surface area contributed by atoms with Gasteiger partial charge in [-0.05, 0) is 46.2 Å². The Labute approximate surface area is 129 Å². The van der Waals surface area contributed by atoms with Crippen LogP contribution >= 0.6 is 33.9 Å². The van der Waals surface area contributed by atoms with Crippen LogP contribution in [0.4, 0.5) is 5.82 Å². The zero-order chi connectivity index (χ0) is 13.4. The lowest BCUT2D eigenvalue weighted by Gasteiger charge is -2.02. The molecule has 0 radical (unpaired) electrons. The van der Waals surface area contributed by atoms with Crippen molar-refractivity contribution >= 4 is 39.7 Å². The summed E-state index contributed by atoms with van der Waals surface area (Å²) < 4.78 is 2.95. The third-order valence-electron chi connectivity index (χ3n) is 2.98. The summed E-state index contributed by atoms with van der Waals surface area (Å²) in [5, 5.41) is 6.62. The Bertz CT molecular complexity index is 699. The molecule has 5 heteroatoms. The first-order valence-electron chi connectivity index (χ1n) is 5.79. The normalized spacial score (nSPS) is 10.8. The van der Waals surface area contributed by atoms with Crippen LogP contribution in [-0.2, 0) is 7.05 Å². The fraction of sp³-hybridized carbons (Fsp3) is 0.0714.